The van der Waals surface area contributed by atoms with E-state index in [1.54, 1.807) is 44.3 Å². The predicted octanol–water partition coefficient (Wildman–Crippen LogP) is 5.18. The molecule has 3 rings (SSSR count). The van der Waals surface area contributed by atoms with Crippen molar-refractivity contribution in [1.82, 2.24) is 9.80 Å². The molecule has 5 nitrogen and oxygen atoms in total. The van der Waals surface area contributed by atoms with Crippen molar-refractivity contribution in [3.63, 3.8) is 0 Å². The number of methoxy groups -OCH3 is 1. The topological polar surface area (TPSA) is 49.9 Å². The van der Waals surface area contributed by atoms with E-state index in [2.05, 4.69) is 0 Å². The first-order valence-electron chi connectivity index (χ1n) is 10.8. The third kappa shape index (κ3) is 5.00. The van der Waals surface area contributed by atoms with E-state index in [0.29, 0.717) is 17.7 Å². The van der Waals surface area contributed by atoms with E-state index in [0.717, 1.165) is 17.3 Å². The van der Waals surface area contributed by atoms with Crippen LogP contribution in [0.5, 0.6) is 0 Å². The lowest BCUT2D eigenvalue weighted by Gasteiger charge is -2.43. The van der Waals surface area contributed by atoms with Crippen LogP contribution in [0.1, 0.15) is 40.9 Å². The number of carbonyl (C=O) groups excluding carboxylic acids is 2. The van der Waals surface area contributed by atoms with Crippen molar-refractivity contribution < 1.29 is 27.5 Å². The van der Waals surface area contributed by atoms with Crippen LogP contribution in [0.2, 0.25) is 0 Å². The molecule has 1 atom stereocenters. The Morgan fingerprint density at radius 2 is 1.65 bits per heavy atom. The Bertz CT molecular complexity index is 1120. The lowest BCUT2D eigenvalue weighted by atomic mass is 9.97. The van der Waals surface area contributed by atoms with Gasteiger partial charge in [-0.2, -0.15) is 13.2 Å². The Morgan fingerprint density at radius 1 is 1.03 bits per heavy atom. The third-order valence-corrected chi connectivity index (χ3v) is 5.95. The van der Waals surface area contributed by atoms with Gasteiger partial charge in [0, 0.05) is 13.5 Å². The van der Waals surface area contributed by atoms with Gasteiger partial charge in [-0.25, -0.2) is 4.79 Å². The van der Waals surface area contributed by atoms with Gasteiger partial charge in [0.15, 0.2) is 0 Å². The van der Waals surface area contributed by atoms with Crippen molar-refractivity contribution in [3.8, 4) is 0 Å². The monoisotopic (exact) mass is 472 g/mol. The van der Waals surface area contributed by atoms with E-state index in [4.69, 9.17) is 4.74 Å². The molecule has 0 radical (unpaired) electrons. The highest BCUT2D eigenvalue weighted by molar-refractivity contribution is 5.89. The average Bonchev–Trinajstić information content (AvgIpc) is 2.82. The molecule has 0 N–H and O–H groups in total. The van der Waals surface area contributed by atoms with Crippen molar-refractivity contribution >= 4 is 11.9 Å². The van der Waals surface area contributed by atoms with Crippen LogP contribution in [0.15, 0.2) is 72.1 Å². The Balaban J connectivity index is 1.96. The minimum Gasteiger partial charge on any atom is -0.465 e. The summed E-state index contributed by atoms with van der Waals surface area (Å²) in [6.45, 7) is 3.39. The highest BCUT2D eigenvalue weighted by Crippen LogP contribution is 2.35. The summed E-state index contributed by atoms with van der Waals surface area (Å²) < 4.78 is 45.5. The van der Waals surface area contributed by atoms with Gasteiger partial charge in [0.25, 0.3) is 0 Å². The molecule has 1 aliphatic rings. The molecule has 0 aromatic heterocycles. The number of esters is 1. The van der Waals surface area contributed by atoms with Gasteiger partial charge in [-0.15, -0.1) is 0 Å². The zero-order valence-electron chi connectivity index (χ0n) is 19.5. The van der Waals surface area contributed by atoms with Crippen LogP contribution in [0.3, 0.4) is 0 Å². The molecule has 1 heterocycles. The number of piperazine rings is 1. The van der Waals surface area contributed by atoms with Crippen molar-refractivity contribution in [3.05, 3.63) is 94.3 Å². The van der Waals surface area contributed by atoms with E-state index in [-0.39, 0.29) is 18.0 Å². The molecule has 1 unspecified atom stereocenters. The summed E-state index contributed by atoms with van der Waals surface area (Å²) >= 11 is 0. The summed E-state index contributed by atoms with van der Waals surface area (Å²) in [5.41, 5.74) is 1.79. The summed E-state index contributed by atoms with van der Waals surface area (Å²) in [5, 5.41) is 0. The number of allylic oxidation sites excluding steroid dienone is 2. The van der Waals surface area contributed by atoms with Gasteiger partial charge < -0.3 is 14.5 Å². The summed E-state index contributed by atoms with van der Waals surface area (Å²) in [6, 6.07) is 11.4. The van der Waals surface area contributed by atoms with Gasteiger partial charge >= 0.3 is 12.1 Å². The molecule has 0 aliphatic carbocycles. The maximum absolute atomic E-state index is 13.6. The van der Waals surface area contributed by atoms with Crippen molar-refractivity contribution in [2.45, 2.75) is 39.0 Å². The SMILES string of the molecule is C/C=C1\C(=C/C)N(C)C(Cc2ccc(C(=O)OC)cc2)C(=O)N1Cc1ccccc1C(F)(F)F. The molecule has 180 valence electrons. The highest BCUT2D eigenvalue weighted by atomic mass is 19.4. The van der Waals surface area contributed by atoms with E-state index >= 15 is 0 Å². The number of hydrogen-bond acceptors (Lipinski definition) is 4. The number of hydrogen-bond donors (Lipinski definition) is 0. The summed E-state index contributed by atoms with van der Waals surface area (Å²) in [5.74, 6) is -0.754. The minimum absolute atomic E-state index is 0.0314. The van der Waals surface area contributed by atoms with Crippen LogP contribution in [-0.4, -0.2) is 41.9 Å². The maximum atomic E-state index is 13.6. The fourth-order valence-corrected chi connectivity index (χ4v) is 4.22. The number of amides is 1. The fraction of sp³-hybridized carbons (Fsp3) is 0.308. The smallest absolute Gasteiger partial charge is 0.416 e. The van der Waals surface area contributed by atoms with Crippen molar-refractivity contribution in [2.24, 2.45) is 0 Å². The van der Waals surface area contributed by atoms with Crippen LogP contribution in [0.25, 0.3) is 0 Å². The van der Waals surface area contributed by atoms with Gasteiger partial charge in [-0.05, 0) is 43.2 Å². The molecule has 8 heteroatoms. The Hall–Kier alpha value is -3.55. The lowest BCUT2D eigenvalue weighted by Crippen LogP contribution is -2.53. The van der Waals surface area contributed by atoms with Crippen LogP contribution in [0.4, 0.5) is 13.2 Å². The first kappa shape index (κ1) is 25.1. The standard InChI is InChI=1S/C26H27F3N2O3/c1-5-21-22(6-2)31(16-19-9-7-8-10-20(19)26(27,28)29)24(32)23(30(21)3)15-17-11-13-18(14-12-17)25(33)34-4/h5-14,23H,15-16H2,1-4H3/b21-5+,22-6+. The zero-order valence-corrected chi connectivity index (χ0v) is 19.5. The van der Waals surface area contributed by atoms with Crippen molar-refractivity contribution in [2.75, 3.05) is 14.2 Å². The number of alkyl halides is 3. The maximum Gasteiger partial charge on any atom is 0.416 e. The largest absolute Gasteiger partial charge is 0.465 e. The number of likely N-dealkylation sites (N-methyl/N-ethyl adjacent to an activating group) is 1. The molecule has 1 fully saturated rings. The molecular formula is C26H27F3N2O3. The molecule has 2 aromatic rings. The predicted molar refractivity (Wildman–Crippen MR) is 123 cm³/mol. The number of ether oxygens (including phenoxy) is 1. The van der Waals surface area contributed by atoms with Crippen LogP contribution >= 0.6 is 0 Å². The third-order valence-electron chi connectivity index (χ3n) is 5.95. The molecule has 2 aromatic carbocycles. The number of carbonyl (C=O) groups is 2. The second-order valence-corrected chi connectivity index (χ2v) is 7.95. The number of halogens is 3. The highest BCUT2D eigenvalue weighted by Gasteiger charge is 2.40. The first-order chi connectivity index (χ1) is 16.1. The second-order valence-electron chi connectivity index (χ2n) is 7.95. The Morgan fingerprint density at radius 3 is 2.21 bits per heavy atom. The molecule has 0 spiro atoms. The van der Waals surface area contributed by atoms with Crippen LogP contribution < -0.4 is 0 Å². The van der Waals surface area contributed by atoms with Crippen molar-refractivity contribution in [1.29, 1.82) is 0 Å². The minimum atomic E-state index is -4.52. The van der Waals surface area contributed by atoms with Gasteiger partial charge in [0.2, 0.25) is 5.91 Å². The number of benzene rings is 2. The van der Waals surface area contributed by atoms with Crippen LogP contribution in [-0.2, 0) is 28.7 Å². The second kappa shape index (κ2) is 10.2. The summed E-state index contributed by atoms with van der Waals surface area (Å²) in [6.07, 6.45) is -0.617. The average molecular weight is 473 g/mol. The first-order valence-corrected chi connectivity index (χ1v) is 10.8. The lowest BCUT2D eigenvalue weighted by molar-refractivity contribution is -0.141. The van der Waals surface area contributed by atoms with E-state index < -0.39 is 23.8 Å². The molecule has 0 bridgehead atoms. The Labute approximate surface area is 197 Å². The Kier molecular flexibility index (Phi) is 7.49. The number of rotatable bonds is 5. The zero-order chi connectivity index (χ0) is 25.0. The van der Waals surface area contributed by atoms with Gasteiger partial charge in [-0.3, -0.25) is 4.79 Å². The molecule has 1 amide bonds. The molecule has 1 aliphatic heterocycles. The quantitative estimate of drug-likeness (QED) is 0.563. The molecule has 34 heavy (non-hydrogen) atoms. The molecular weight excluding hydrogens is 445 g/mol. The van der Waals surface area contributed by atoms with Crippen LogP contribution in [0, 0.1) is 0 Å². The van der Waals surface area contributed by atoms with E-state index in [1.807, 2.05) is 17.9 Å². The summed E-state index contributed by atoms with van der Waals surface area (Å²) in [7, 11) is 3.10. The fourth-order valence-electron chi connectivity index (χ4n) is 4.22. The number of nitrogens with zero attached hydrogens (tertiary/aromatic N) is 2. The van der Waals surface area contributed by atoms with Gasteiger partial charge in [-0.1, -0.05) is 42.5 Å². The normalized spacial score (nSPS) is 19.1. The molecule has 0 saturated carbocycles. The van der Waals surface area contributed by atoms with Gasteiger partial charge in [0.05, 0.1) is 36.2 Å². The van der Waals surface area contributed by atoms with E-state index in [1.165, 1.54) is 30.2 Å². The summed E-state index contributed by atoms with van der Waals surface area (Å²) in [4.78, 5) is 28.6. The van der Waals surface area contributed by atoms with Gasteiger partial charge in [0.1, 0.15) is 6.04 Å². The van der Waals surface area contributed by atoms with E-state index in [9.17, 15) is 22.8 Å². The molecule has 1 saturated heterocycles.